The summed E-state index contributed by atoms with van der Waals surface area (Å²) in [6, 6.07) is 8.76. The summed E-state index contributed by atoms with van der Waals surface area (Å²) in [5, 5.41) is 3.01. The first kappa shape index (κ1) is 17.0. The summed E-state index contributed by atoms with van der Waals surface area (Å²) < 4.78 is 4.96. The molecule has 1 aromatic carbocycles. The maximum atomic E-state index is 11.9. The van der Waals surface area contributed by atoms with Crippen molar-refractivity contribution in [1.29, 1.82) is 0 Å². The van der Waals surface area contributed by atoms with Gasteiger partial charge in [0.2, 0.25) is 5.91 Å². The molecule has 1 saturated carbocycles. The number of hydrogen-bond donors (Lipinski definition) is 1. The van der Waals surface area contributed by atoms with Crippen molar-refractivity contribution in [3.63, 3.8) is 0 Å². The predicted molar refractivity (Wildman–Crippen MR) is 89.9 cm³/mol. The molecule has 0 unspecified atom stereocenters. The second kappa shape index (κ2) is 8.91. The molecule has 0 atom stereocenters. The third kappa shape index (κ3) is 5.11. The van der Waals surface area contributed by atoms with E-state index in [0.29, 0.717) is 19.1 Å². The van der Waals surface area contributed by atoms with Crippen molar-refractivity contribution in [1.82, 2.24) is 4.90 Å². The van der Waals surface area contributed by atoms with Gasteiger partial charge in [-0.2, -0.15) is 0 Å². The molecule has 0 spiro atoms. The van der Waals surface area contributed by atoms with Crippen molar-refractivity contribution in [3.05, 3.63) is 29.8 Å². The van der Waals surface area contributed by atoms with E-state index < -0.39 is 0 Å². The van der Waals surface area contributed by atoms with Gasteiger partial charge < -0.3 is 10.1 Å². The van der Waals surface area contributed by atoms with E-state index in [0.717, 1.165) is 12.2 Å². The fourth-order valence-electron chi connectivity index (χ4n) is 3.11. The van der Waals surface area contributed by atoms with Crippen LogP contribution in [0.4, 0.5) is 5.69 Å². The summed E-state index contributed by atoms with van der Waals surface area (Å²) in [4.78, 5) is 14.3. The fourth-order valence-corrected chi connectivity index (χ4v) is 3.11. The zero-order valence-corrected chi connectivity index (χ0v) is 13.8. The van der Waals surface area contributed by atoms with Crippen LogP contribution in [0.15, 0.2) is 24.3 Å². The number of nitrogens with one attached hydrogen (secondary N) is 1. The molecule has 0 bridgehead atoms. The highest BCUT2D eigenvalue weighted by molar-refractivity contribution is 5.91. The van der Waals surface area contributed by atoms with Crippen molar-refractivity contribution in [2.45, 2.75) is 51.1 Å². The first-order valence-corrected chi connectivity index (χ1v) is 8.27. The molecule has 1 aliphatic carbocycles. The molecule has 1 amide bonds. The highest BCUT2D eigenvalue weighted by Gasteiger charge is 2.19. The van der Waals surface area contributed by atoms with Gasteiger partial charge in [-0.3, -0.25) is 9.69 Å². The lowest BCUT2D eigenvalue weighted by Crippen LogP contribution is -2.33. The van der Waals surface area contributed by atoms with Crippen LogP contribution in [-0.4, -0.2) is 37.6 Å². The van der Waals surface area contributed by atoms with Crippen molar-refractivity contribution in [3.8, 4) is 0 Å². The lowest BCUT2D eigenvalue weighted by Gasteiger charge is -2.31. The number of carbonyl (C=O) groups is 1. The maximum Gasteiger partial charge on any atom is 0.226 e. The van der Waals surface area contributed by atoms with Gasteiger partial charge in [-0.15, -0.1) is 0 Å². The quantitative estimate of drug-likeness (QED) is 0.839. The second-order valence-corrected chi connectivity index (χ2v) is 6.16. The SMILES string of the molecule is COCCC(=O)Nc1ccccc1CN(C)C1CCCCC1. The van der Waals surface area contributed by atoms with Gasteiger partial charge in [0.05, 0.1) is 13.0 Å². The van der Waals surface area contributed by atoms with E-state index in [-0.39, 0.29) is 5.91 Å². The Labute approximate surface area is 133 Å². The van der Waals surface area contributed by atoms with Crippen LogP contribution in [-0.2, 0) is 16.1 Å². The van der Waals surface area contributed by atoms with E-state index in [1.807, 2.05) is 18.2 Å². The summed E-state index contributed by atoms with van der Waals surface area (Å²) in [5.41, 5.74) is 2.10. The third-order valence-electron chi connectivity index (χ3n) is 4.44. The first-order chi connectivity index (χ1) is 10.7. The second-order valence-electron chi connectivity index (χ2n) is 6.16. The van der Waals surface area contributed by atoms with E-state index in [1.54, 1.807) is 7.11 Å². The van der Waals surface area contributed by atoms with Gasteiger partial charge in [0.15, 0.2) is 0 Å². The molecule has 22 heavy (non-hydrogen) atoms. The molecule has 4 nitrogen and oxygen atoms in total. The Morgan fingerprint density at radius 1 is 1.27 bits per heavy atom. The molecule has 1 fully saturated rings. The summed E-state index contributed by atoms with van der Waals surface area (Å²) in [7, 11) is 3.81. The lowest BCUT2D eigenvalue weighted by molar-refractivity contribution is -0.117. The van der Waals surface area contributed by atoms with Gasteiger partial charge in [0, 0.05) is 25.4 Å². The number of benzene rings is 1. The molecule has 1 N–H and O–H groups in total. The summed E-state index contributed by atoms with van der Waals surface area (Å²) in [5.74, 6) is 0.00891. The molecule has 0 aliphatic heterocycles. The number of amides is 1. The molecule has 0 radical (unpaired) electrons. The number of carbonyl (C=O) groups excluding carboxylic acids is 1. The van der Waals surface area contributed by atoms with Crippen LogP contribution in [0.1, 0.15) is 44.1 Å². The number of ether oxygens (including phenoxy) is 1. The molecule has 0 heterocycles. The lowest BCUT2D eigenvalue weighted by atomic mass is 9.94. The van der Waals surface area contributed by atoms with Gasteiger partial charge in [0.25, 0.3) is 0 Å². The number of para-hydroxylation sites is 1. The van der Waals surface area contributed by atoms with Crippen molar-refractivity contribution in [2.24, 2.45) is 0 Å². The summed E-state index contributed by atoms with van der Waals surface area (Å²) >= 11 is 0. The Morgan fingerprint density at radius 3 is 2.73 bits per heavy atom. The average molecular weight is 304 g/mol. The topological polar surface area (TPSA) is 41.6 Å². The highest BCUT2D eigenvalue weighted by atomic mass is 16.5. The van der Waals surface area contributed by atoms with Crippen LogP contribution in [0.25, 0.3) is 0 Å². The normalized spacial score (nSPS) is 16.0. The number of hydrogen-bond acceptors (Lipinski definition) is 3. The molecular weight excluding hydrogens is 276 g/mol. The third-order valence-corrected chi connectivity index (χ3v) is 4.44. The Balaban J connectivity index is 1.96. The molecule has 1 aliphatic rings. The minimum Gasteiger partial charge on any atom is -0.384 e. The summed E-state index contributed by atoms with van der Waals surface area (Å²) in [6.45, 7) is 1.33. The zero-order valence-electron chi connectivity index (χ0n) is 13.8. The maximum absolute atomic E-state index is 11.9. The van der Waals surface area contributed by atoms with E-state index in [2.05, 4.69) is 23.3 Å². The first-order valence-electron chi connectivity index (χ1n) is 8.27. The van der Waals surface area contributed by atoms with Crippen LogP contribution >= 0.6 is 0 Å². The van der Waals surface area contributed by atoms with E-state index >= 15 is 0 Å². The Morgan fingerprint density at radius 2 is 2.00 bits per heavy atom. The van der Waals surface area contributed by atoms with Gasteiger partial charge in [-0.1, -0.05) is 37.5 Å². The molecule has 0 aromatic heterocycles. The predicted octanol–water partition coefficient (Wildman–Crippen LogP) is 3.43. The Kier molecular flexibility index (Phi) is 6.87. The van der Waals surface area contributed by atoms with Crippen LogP contribution in [0.2, 0.25) is 0 Å². The molecule has 1 aromatic rings. The molecule has 4 heteroatoms. The van der Waals surface area contributed by atoms with Crippen LogP contribution in [0, 0.1) is 0 Å². The standard InChI is InChI=1S/C18H28N2O2/c1-20(16-9-4-3-5-10-16)14-15-8-6-7-11-17(15)19-18(21)12-13-22-2/h6-8,11,16H,3-5,9-10,12-14H2,1-2H3,(H,19,21). The van der Waals surface area contributed by atoms with Crippen molar-refractivity contribution in [2.75, 3.05) is 26.1 Å². The van der Waals surface area contributed by atoms with E-state index in [9.17, 15) is 4.79 Å². The minimum atomic E-state index is 0.00891. The summed E-state index contributed by atoms with van der Waals surface area (Å²) in [6.07, 6.45) is 7.02. The number of nitrogens with zero attached hydrogens (tertiary/aromatic N) is 1. The van der Waals surface area contributed by atoms with Crippen LogP contribution in [0.5, 0.6) is 0 Å². The van der Waals surface area contributed by atoms with Crippen molar-refractivity contribution < 1.29 is 9.53 Å². The van der Waals surface area contributed by atoms with Gasteiger partial charge in [0.1, 0.15) is 0 Å². The van der Waals surface area contributed by atoms with E-state index in [4.69, 9.17) is 4.74 Å². The van der Waals surface area contributed by atoms with E-state index in [1.165, 1.54) is 37.7 Å². The Bertz CT molecular complexity index is 470. The Hall–Kier alpha value is -1.39. The molecule has 2 rings (SSSR count). The van der Waals surface area contributed by atoms with Gasteiger partial charge >= 0.3 is 0 Å². The smallest absolute Gasteiger partial charge is 0.226 e. The van der Waals surface area contributed by atoms with Gasteiger partial charge in [-0.05, 0) is 31.5 Å². The molecule has 122 valence electrons. The van der Waals surface area contributed by atoms with Crippen LogP contribution in [0.3, 0.4) is 0 Å². The molecular formula is C18H28N2O2. The van der Waals surface area contributed by atoms with Crippen molar-refractivity contribution >= 4 is 11.6 Å². The van der Waals surface area contributed by atoms with Gasteiger partial charge in [-0.25, -0.2) is 0 Å². The van der Waals surface area contributed by atoms with Crippen LogP contribution < -0.4 is 5.32 Å². The monoisotopic (exact) mass is 304 g/mol. The average Bonchev–Trinajstić information content (AvgIpc) is 2.55. The molecule has 0 saturated heterocycles. The minimum absolute atomic E-state index is 0.00891. The fraction of sp³-hybridized carbons (Fsp3) is 0.611. The zero-order chi connectivity index (χ0) is 15.8. The highest BCUT2D eigenvalue weighted by Crippen LogP contribution is 2.24. The largest absolute Gasteiger partial charge is 0.384 e. The number of rotatable bonds is 7. The number of methoxy groups -OCH3 is 1. The number of anilines is 1.